The number of hydrogen-bond donors (Lipinski definition) is 1. The number of benzene rings is 1. The van der Waals surface area contributed by atoms with E-state index in [1.807, 2.05) is 6.92 Å². The van der Waals surface area contributed by atoms with E-state index in [0.29, 0.717) is 6.04 Å². The maximum absolute atomic E-state index is 4.80. The summed E-state index contributed by atoms with van der Waals surface area (Å²) in [6.07, 6.45) is 7.86. The van der Waals surface area contributed by atoms with Crippen LogP contribution in [0.25, 0.3) is 0 Å². The van der Waals surface area contributed by atoms with Crippen molar-refractivity contribution in [3.8, 4) is 0 Å². The van der Waals surface area contributed by atoms with Gasteiger partial charge in [0.25, 0.3) is 0 Å². The smallest absolute Gasteiger partial charge is 0.121 e. The van der Waals surface area contributed by atoms with Gasteiger partial charge in [-0.1, -0.05) is 59.9 Å². The Morgan fingerprint density at radius 2 is 1.91 bits per heavy atom. The summed E-state index contributed by atoms with van der Waals surface area (Å²) in [7, 11) is 0. The molecule has 4 heteroatoms. The first-order chi connectivity index (χ1) is 10.8. The second-order valence-electron chi connectivity index (χ2n) is 6.37. The summed E-state index contributed by atoms with van der Waals surface area (Å²) in [6.45, 7) is 2.68. The fourth-order valence-corrected chi connectivity index (χ4v) is 3.45. The number of aromatic nitrogens is 2. The zero-order valence-corrected chi connectivity index (χ0v) is 13.3. The number of hydrogen-bond acceptors (Lipinski definition) is 4. The van der Waals surface area contributed by atoms with Gasteiger partial charge in [-0.2, -0.15) is 0 Å². The number of nitrogens with zero attached hydrogens (tertiary/aromatic N) is 2. The maximum Gasteiger partial charge on any atom is 0.121 e. The number of aryl methyl sites for hydroxylation is 1. The van der Waals surface area contributed by atoms with Crippen LogP contribution >= 0.6 is 0 Å². The van der Waals surface area contributed by atoms with Gasteiger partial charge in [0.1, 0.15) is 11.4 Å². The largest absolute Gasteiger partial charge is 0.308 e. The highest BCUT2D eigenvalue weighted by molar-refractivity contribution is 5.16. The first-order valence-electron chi connectivity index (χ1n) is 8.38. The minimum atomic E-state index is 0.499. The predicted molar refractivity (Wildman–Crippen MR) is 86.4 cm³/mol. The van der Waals surface area contributed by atoms with Crippen molar-refractivity contribution >= 4 is 0 Å². The molecule has 0 bridgehead atoms. The van der Waals surface area contributed by atoms with Crippen LogP contribution < -0.4 is 5.32 Å². The Morgan fingerprint density at radius 3 is 2.59 bits per heavy atom. The normalized spacial score (nSPS) is 17.5. The molecular weight excluding hydrogens is 274 g/mol. The fraction of sp³-hybridized carbons (Fsp3) is 0.556. The van der Waals surface area contributed by atoms with E-state index in [9.17, 15) is 0 Å². The van der Waals surface area contributed by atoms with E-state index in [1.165, 1.54) is 37.7 Å². The van der Waals surface area contributed by atoms with Crippen molar-refractivity contribution in [2.75, 3.05) is 0 Å². The van der Waals surface area contributed by atoms with E-state index < -0.39 is 0 Å². The standard InChI is InChI=1S/C18H25N3O/c1-14-18(21-22-20-14)13-19-17(16-10-6-3-7-11-16)12-15-8-4-2-5-9-15/h2,4-5,8-9,16-17,19H,3,6-7,10-13H2,1H3/t17-/m0/s1. The molecule has 1 aromatic carbocycles. The van der Waals surface area contributed by atoms with E-state index in [1.54, 1.807) is 0 Å². The van der Waals surface area contributed by atoms with Gasteiger partial charge < -0.3 is 5.32 Å². The maximum atomic E-state index is 4.80. The summed E-state index contributed by atoms with van der Waals surface area (Å²) in [6, 6.07) is 11.3. The average molecular weight is 299 g/mol. The van der Waals surface area contributed by atoms with E-state index in [4.69, 9.17) is 4.63 Å². The lowest BCUT2D eigenvalue weighted by Gasteiger charge is -2.31. The van der Waals surface area contributed by atoms with Crippen LogP contribution in [-0.4, -0.2) is 16.4 Å². The van der Waals surface area contributed by atoms with Crippen LogP contribution in [0.2, 0.25) is 0 Å². The first-order valence-corrected chi connectivity index (χ1v) is 8.38. The molecule has 0 spiro atoms. The van der Waals surface area contributed by atoms with Gasteiger partial charge in [-0.05, 0) is 37.7 Å². The second kappa shape index (κ2) is 7.54. The molecule has 1 saturated carbocycles. The van der Waals surface area contributed by atoms with Crippen LogP contribution in [0.3, 0.4) is 0 Å². The van der Waals surface area contributed by atoms with Gasteiger partial charge in [-0.25, -0.2) is 4.63 Å². The van der Waals surface area contributed by atoms with E-state index in [-0.39, 0.29) is 0 Å². The molecule has 1 atom stereocenters. The summed E-state index contributed by atoms with van der Waals surface area (Å²) in [4.78, 5) is 0. The zero-order valence-electron chi connectivity index (χ0n) is 13.3. The van der Waals surface area contributed by atoms with Gasteiger partial charge in [0.05, 0.1) is 0 Å². The molecule has 0 unspecified atom stereocenters. The van der Waals surface area contributed by atoms with Crippen LogP contribution in [0.5, 0.6) is 0 Å². The number of nitrogens with one attached hydrogen (secondary N) is 1. The Hall–Kier alpha value is -1.68. The van der Waals surface area contributed by atoms with Crippen molar-refractivity contribution in [3.05, 3.63) is 47.3 Å². The third-order valence-corrected chi connectivity index (χ3v) is 4.80. The Morgan fingerprint density at radius 1 is 1.14 bits per heavy atom. The van der Waals surface area contributed by atoms with Crippen molar-refractivity contribution < 1.29 is 4.63 Å². The third-order valence-electron chi connectivity index (χ3n) is 4.80. The van der Waals surface area contributed by atoms with Crippen molar-refractivity contribution in [1.82, 2.24) is 15.6 Å². The highest BCUT2D eigenvalue weighted by Gasteiger charge is 2.24. The van der Waals surface area contributed by atoms with Gasteiger partial charge in [0.2, 0.25) is 0 Å². The molecule has 1 aliphatic rings. The molecule has 3 rings (SSSR count). The van der Waals surface area contributed by atoms with Crippen LogP contribution in [0.1, 0.15) is 49.1 Å². The molecule has 118 valence electrons. The molecule has 1 aliphatic carbocycles. The average Bonchev–Trinajstić information content (AvgIpc) is 2.98. The molecule has 4 nitrogen and oxygen atoms in total. The fourth-order valence-electron chi connectivity index (χ4n) is 3.45. The minimum absolute atomic E-state index is 0.499. The second-order valence-corrected chi connectivity index (χ2v) is 6.37. The van der Waals surface area contributed by atoms with E-state index in [2.05, 4.69) is 46.0 Å². The van der Waals surface area contributed by atoms with Gasteiger partial charge >= 0.3 is 0 Å². The molecule has 22 heavy (non-hydrogen) atoms. The predicted octanol–water partition coefficient (Wildman–Crippen LogP) is 3.66. The summed E-state index contributed by atoms with van der Waals surface area (Å²) in [5.74, 6) is 0.758. The molecule has 2 aromatic rings. The van der Waals surface area contributed by atoms with Gasteiger partial charge in [-0.15, -0.1) is 0 Å². The zero-order chi connectivity index (χ0) is 15.2. The Labute approximate surface area is 132 Å². The quantitative estimate of drug-likeness (QED) is 0.884. The Kier molecular flexibility index (Phi) is 5.22. The molecule has 1 fully saturated rings. The molecular formula is C18H25N3O. The molecule has 0 radical (unpaired) electrons. The molecule has 0 saturated heterocycles. The third kappa shape index (κ3) is 3.95. The topological polar surface area (TPSA) is 51.0 Å². The minimum Gasteiger partial charge on any atom is -0.308 e. The van der Waals surface area contributed by atoms with Crippen LogP contribution in [0.15, 0.2) is 35.0 Å². The number of rotatable bonds is 6. The monoisotopic (exact) mass is 299 g/mol. The lowest BCUT2D eigenvalue weighted by molar-refractivity contribution is 0.261. The van der Waals surface area contributed by atoms with Crippen molar-refractivity contribution in [3.63, 3.8) is 0 Å². The van der Waals surface area contributed by atoms with Crippen molar-refractivity contribution in [1.29, 1.82) is 0 Å². The molecule has 1 heterocycles. The summed E-state index contributed by atoms with van der Waals surface area (Å²) in [5.41, 5.74) is 3.21. The molecule has 1 aromatic heterocycles. The van der Waals surface area contributed by atoms with Gasteiger partial charge in [0.15, 0.2) is 0 Å². The van der Waals surface area contributed by atoms with Crippen molar-refractivity contribution in [2.45, 2.75) is 58.0 Å². The van der Waals surface area contributed by atoms with Crippen LogP contribution in [0, 0.1) is 12.8 Å². The Balaban J connectivity index is 1.66. The first kappa shape index (κ1) is 15.2. The van der Waals surface area contributed by atoms with E-state index in [0.717, 1.165) is 30.3 Å². The SMILES string of the molecule is Cc1nonc1CN[C@@H](Cc1ccccc1)C1CCCCC1. The molecule has 0 amide bonds. The molecule has 1 N–H and O–H groups in total. The van der Waals surface area contributed by atoms with Gasteiger partial charge in [0, 0.05) is 12.6 Å². The summed E-state index contributed by atoms with van der Waals surface area (Å²) >= 11 is 0. The lowest BCUT2D eigenvalue weighted by Crippen LogP contribution is -2.39. The highest BCUT2D eigenvalue weighted by Crippen LogP contribution is 2.28. The summed E-state index contributed by atoms with van der Waals surface area (Å²) in [5, 5.41) is 11.6. The molecule has 0 aliphatic heterocycles. The van der Waals surface area contributed by atoms with Crippen LogP contribution in [-0.2, 0) is 13.0 Å². The van der Waals surface area contributed by atoms with Crippen LogP contribution in [0.4, 0.5) is 0 Å². The lowest BCUT2D eigenvalue weighted by atomic mass is 9.81. The Bertz CT molecular complexity index is 561. The highest BCUT2D eigenvalue weighted by atomic mass is 16.6. The van der Waals surface area contributed by atoms with Gasteiger partial charge in [-0.3, -0.25) is 0 Å². The summed E-state index contributed by atoms with van der Waals surface area (Å²) < 4.78 is 4.80. The van der Waals surface area contributed by atoms with E-state index >= 15 is 0 Å². The van der Waals surface area contributed by atoms with Crippen molar-refractivity contribution in [2.24, 2.45) is 5.92 Å².